The third-order valence-electron chi connectivity index (χ3n) is 2.61. The number of nitrogens with one attached hydrogen (secondary N) is 1. The maximum Gasteiger partial charge on any atom is 0.0403 e. The van der Waals surface area contributed by atoms with Gasteiger partial charge in [0.25, 0.3) is 0 Å². The Hall–Kier alpha value is 0.250. The van der Waals surface area contributed by atoms with Crippen LogP contribution < -0.4 is 5.32 Å². The first-order valence-corrected chi connectivity index (χ1v) is 5.49. The van der Waals surface area contributed by atoms with E-state index in [4.69, 9.17) is 11.6 Å². The topological polar surface area (TPSA) is 12.0 Å². The molecule has 2 heteroatoms. The predicted octanol–water partition coefficient (Wildman–Crippen LogP) is 3.17. The third-order valence-corrected chi connectivity index (χ3v) is 3.20. The molecule has 0 amide bonds. The predicted molar refractivity (Wildman–Crippen MR) is 56.9 cm³/mol. The molecule has 0 bridgehead atoms. The summed E-state index contributed by atoms with van der Waals surface area (Å²) in [6, 6.07) is 0.619. The molecule has 0 aromatic rings. The van der Waals surface area contributed by atoms with Crippen molar-refractivity contribution >= 4 is 11.6 Å². The molecule has 0 radical (unpaired) electrons. The first-order chi connectivity index (χ1) is 5.61. The van der Waals surface area contributed by atoms with Crippen molar-refractivity contribution in [3.8, 4) is 0 Å². The molecule has 0 aliphatic rings. The van der Waals surface area contributed by atoms with Gasteiger partial charge in [0, 0.05) is 17.5 Å². The Kier molecular flexibility index (Phi) is 5.94. The van der Waals surface area contributed by atoms with Crippen LogP contribution in [0.3, 0.4) is 0 Å². The molecule has 0 rings (SSSR count). The minimum Gasteiger partial charge on any atom is -0.308 e. The lowest BCUT2D eigenvalue weighted by molar-refractivity contribution is 0.316. The number of rotatable bonds is 6. The van der Waals surface area contributed by atoms with Crippen molar-refractivity contribution in [1.29, 1.82) is 0 Å². The van der Waals surface area contributed by atoms with Crippen LogP contribution in [0.15, 0.2) is 0 Å². The zero-order valence-electron chi connectivity index (χ0n) is 8.78. The monoisotopic (exact) mass is 191 g/mol. The molecule has 1 unspecified atom stereocenters. The fraction of sp³-hybridized carbons (Fsp3) is 1.00. The van der Waals surface area contributed by atoms with Crippen molar-refractivity contribution in [3.63, 3.8) is 0 Å². The Labute approximate surface area is 81.9 Å². The largest absolute Gasteiger partial charge is 0.308 e. The number of halogens is 1. The van der Waals surface area contributed by atoms with Crippen LogP contribution in [0.1, 0.15) is 47.0 Å². The molecule has 0 saturated heterocycles. The third kappa shape index (κ3) is 3.77. The highest BCUT2D eigenvalue weighted by Crippen LogP contribution is 2.14. The van der Waals surface area contributed by atoms with Crippen LogP contribution in [0, 0.1) is 0 Å². The van der Waals surface area contributed by atoms with E-state index < -0.39 is 0 Å². The average Bonchev–Trinajstić information content (AvgIpc) is 2.14. The highest BCUT2D eigenvalue weighted by molar-refractivity contribution is 6.18. The zero-order valence-corrected chi connectivity index (χ0v) is 9.54. The van der Waals surface area contributed by atoms with Gasteiger partial charge in [0.2, 0.25) is 0 Å². The van der Waals surface area contributed by atoms with Gasteiger partial charge in [-0.1, -0.05) is 20.8 Å². The van der Waals surface area contributed by atoms with Gasteiger partial charge in [0.1, 0.15) is 0 Å². The summed E-state index contributed by atoms with van der Waals surface area (Å²) in [5, 5.41) is 3.60. The molecule has 1 N–H and O–H groups in total. The van der Waals surface area contributed by atoms with Gasteiger partial charge in [-0.2, -0.15) is 0 Å². The van der Waals surface area contributed by atoms with Crippen molar-refractivity contribution < 1.29 is 0 Å². The molecular formula is C10H22ClN. The van der Waals surface area contributed by atoms with E-state index in [0.717, 1.165) is 6.42 Å². The molecule has 0 spiro atoms. The van der Waals surface area contributed by atoms with E-state index in [1.165, 1.54) is 12.8 Å². The summed E-state index contributed by atoms with van der Waals surface area (Å²) in [7, 11) is 0. The summed E-state index contributed by atoms with van der Waals surface area (Å²) in [6.07, 6.45) is 3.46. The van der Waals surface area contributed by atoms with E-state index in [-0.39, 0.29) is 5.54 Å². The summed E-state index contributed by atoms with van der Waals surface area (Å²) in [5.41, 5.74) is 0.123. The molecule has 0 heterocycles. The van der Waals surface area contributed by atoms with E-state index in [1.807, 2.05) is 0 Å². The summed E-state index contributed by atoms with van der Waals surface area (Å²) in [5.74, 6) is 0.694. The fourth-order valence-electron chi connectivity index (χ4n) is 1.22. The van der Waals surface area contributed by atoms with Gasteiger partial charge in [-0.15, -0.1) is 11.6 Å². The Morgan fingerprint density at radius 2 is 1.75 bits per heavy atom. The van der Waals surface area contributed by atoms with Gasteiger partial charge >= 0.3 is 0 Å². The van der Waals surface area contributed by atoms with Crippen molar-refractivity contribution in [2.45, 2.75) is 58.5 Å². The molecule has 0 saturated carbocycles. The van der Waals surface area contributed by atoms with Gasteiger partial charge in [0.05, 0.1) is 0 Å². The standard InChI is InChI=1S/C10H22ClN/c1-5-9(6-2)12-10(4,7-3)8-11/h9,12H,5-8H2,1-4H3. The molecule has 0 aliphatic heterocycles. The van der Waals surface area contributed by atoms with E-state index >= 15 is 0 Å². The molecule has 1 nitrogen and oxygen atoms in total. The summed E-state index contributed by atoms with van der Waals surface area (Å²) in [4.78, 5) is 0. The Morgan fingerprint density at radius 3 is 2.00 bits per heavy atom. The van der Waals surface area contributed by atoms with Crippen LogP contribution in [0.25, 0.3) is 0 Å². The maximum atomic E-state index is 5.90. The Balaban J connectivity index is 3.99. The van der Waals surface area contributed by atoms with Gasteiger partial charge in [-0.3, -0.25) is 0 Å². The minimum atomic E-state index is 0.123. The normalized spacial score (nSPS) is 16.5. The second-order valence-electron chi connectivity index (χ2n) is 3.71. The van der Waals surface area contributed by atoms with Crippen molar-refractivity contribution in [2.24, 2.45) is 0 Å². The molecule has 0 aromatic heterocycles. The first kappa shape index (κ1) is 12.2. The van der Waals surface area contributed by atoms with Crippen LogP contribution in [-0.4, -0.2) is 17.5 Å². The van der Waals surface area contributed by atoms with Crippen molar-refractivity contribution in [1.82, 2.24) is 5.32 Å². The van der Waals surface area contributed by atoms with E-state index in [2.05, 4.69) is 33.0 Å². The van der Waals surface area contributed by atoms with Crippen LogP contribution in [0.2, 0.25) is 0 Å². The lowest BCUT2D eigenvalue weighted by Crippen LogP contribution is -2.48. The van der Waals surface area contributed by atoms with Gasteiger partial charge in [-0.25, -0.2) is 0 Å². The second-order valence-corrected chi connectivity index (χ2v) is 3.97. The first-order valence-electron chi connectivity index (χ1n) is 4.95. The molecule has 0 aliphatic carbocycles. The van der Waals surface area contributed by atoms with Crippen molar-refractivity contribution in [2.75, 3.05) is 5.88 Å². The maximum absolute atomic E-state index is 5.90. The van der Waals surface area contributed by atoms with Crippen LogP contribution in [0.5, 0.6) is 0 Å². The molecule has 12 heavy (non-hydrogen) atoms. The number of hydrogen-bond donors (Lipinski definition) is 1. The summed E-state index contributed by atoms with van der Waals surface area (Å²) < 4.78 is 0. The number of hydrogen-bond acceptors (Lipinski definition) is 1. The van der Waals surface area contributed by atoms with Gasteiger partial charge in [-0.05, 0) is 26.2 Å². The molecule has 0 aromatic carbocycles. The highest BCUT2D eigenvalue weighted by atomic mass is 35.5. The zero-order chi connectivity index (χ0) is 9.61. The van der Waals surface area contributed by atoms with Crippen molar-refractivity contribution in [3.05, 3.63) is 0 Å². The summed E-state index contributed by atoms with van der Waals surface area (Å²) in [6.45, 7) is 8.80. The Bertz CT molecular complexity index is 106. The van der Waals surface area contributed by atoms with Crippen LogP contribution >= 0.6 is 11.6 Å². The van der Waals surface area contributed by atoms with E-state index in [9.17, 15) is 0 Å². The lowest BCUT2D eigenvalue weighted by atomic mass is 9.99. The number of alkyl halides is 1. The quantitative estimate of drug-likeness (QED) is 0.636. The molecule has 0 fully saturated rings. The minimum absolute atomic E-state index is 0.123. The Morgan fingerprint density at radius 1 is 1.25 bits per heavy atom. The highest BCUT2D eigenvalue weighted by Gasteiger charge is 2.22. The SMILES string of the molecule is CCC(CC)NC(C)(CC)CCl. The summed E-state index contributed by atoms with van der Waals surface area (Å²) >= 11 is 5.90. The van der Waals surface area contributed by atoms with Crippen LogP contribution in [-0.2, 0) is 0 Å². The van der Waals surface area contributed by atoms with E-state index in [0.29, 0.717) is 11.9 Å². The smallest absolute Gasteiger partial charge is 0.0403 e. The molecule has 1 atom stereocenters. The van der Waals surface area contributed by atoms with Gasteiger partial charge in [0.15, 0.2) is 0 Å². The van der Waals surface area contributed by atoms with Gasteiger partial charge < -0.3 is 5.32 Å². The molecular weight excluding hydrogens is 170 g/mol. The average molecular weight is 192 g/mol. The fourth-order valence-corrected chi connectivity index (χ4v) is 1.49. The second kappa shape index (κ2) is 5.82. The van der Waals surface area contributed by atoms with E-state index in [1.54, 1.807) is 0 Å². The lowest BCUT2D eigenvalue weighted by Gasteiger charge is -2.32. The molecule has 74 valence electrons. The van der Waals surface area contributed by atoms with Crippen LogP contribution in [0.4, 0.5) is 0 Å².